The van der Waals surface area contributed by atoms with Crippen LogP contribution in [0.25, 0.3) is 0 Å². The maximum absolute atomic E-state index is 3.67. The molecule has 1 aromatic carbocycles. The van der Waals surface area contributed by atoms with Gasteiger partial charge in [0.15, 0.2) is 0 Å². The highest BCUT2D eigenvalue weighted by molar-refractivity contribution is 9.10. The van der Waals surface area contributed by atoms with Gasteiger partial charge in [-0.3, -0.25) is 0 Å². The average molecular weight is 311 g/mol. The largest absolute Gasteiger partial charge is 0.366 e. The fraction of sp³-hybridized carbons (Fsp3) is 0.600. The Hall–Kier alpha value is -0.540. The third-order valence-corrected chi connectivity index (χ3v) is 5.00. The van der Waals surface area contributed by atoms with Gasteiger partial charge in [-0.05, 0) is 44.9 Å². The molecule has 2 atom stereocenters. The highest BCUT2D eigenvalue weighted by atomic mass is 79.9. The van der Waals surface area contributed by atoms with Crippen LogP contribution in [-0.2, 0) is 0 Å². The van der Waals surface area contributed by atoms with Crippen LogP contribution in [0.5, 0.6) is 0 Å². The van der Waals surface area contributed by atoms with Gasteiger partial charge >= 0.3 is 0 Å². The maximum atomic E-state index is 3.67. The van der Waals surface area contributed by atoms with Gasteiger partial charge in [-0.25, -0.2) is 0 Å². The second kappa shape index (κ2) is 5.22. The Balaban J connectivity index is 2.27. The SMILES string of the molecule is CCC1(C)CN(c2ccc(C)c(Br)c2)C(C)CN1. The van der Waals surface area contributed by atoms with E-state index < -0.39 is 0 Å². The van der Waals surface area contributed by atoms with E-state index in [9.17, 15) is 0 Å². The summed E-state index contributed by atoms with van der Waals surface area (Å²) < 4.78 is 1.20. The molecule has 0 saturated carbocycles. The molecule has 18 heavy (non-hydrogen) atoms. The zero-order valence-corrected chi connectivity index (χ0v) is 13.3. The predicted molar refractivity (Wildman–Crippen MR) is 82.4 cm³/mol. The van der Waals surface area contributed by atoms with E-state index in [0.29, 0.717) is 6.04 Å². The molecular formula is C15H23BrN2. The summed E-state index contributed by atoms with van der Waals surface area (Å²) in [5, 5.41) is 3.67. The van der Waals surface area contributed by atoms with Crippen LogP contribution in [0.2, 0.25) is 0 Å². The summed E-state index contributed by atoms with van der Waals surface area (Å²) in [6, 6.07) is 7.21. The molecule has 1 N–H and O–H groups in total. The van der Waals surface area contributed by atoms with Crippen molar-refractivity contribution >= 4 is 21.6 Å². The molecular weight excluding hydrogens is 288 g/mol. The minimum Gasteiger partial charge on any atom is -0.366 e. The zero-order valence-electron chi connectivity index (χ0n) is 11.8. The number of anilines is 1. The minimum atomic E-state index is 0.226. The number of piperazine rings is 1. The monoisotopic (exact) mass is 310 g/mol. The summed E-state index contributed by atoms with van der Waals surface area (Å²) in [6.45, 7) is 11.1. The molecule has 1 heterocycles. The highest BCUT2D eigenvalue weighted by Gasteiger charge is 2.32. The summed E-state index contributed by atoms with van der Waals surface area (Å²) in [5.74, 6) is 0. The van der Waals surface area contributed by atoms with Crippen molar-refractivity contribution in [3.63, 3.8) is 0 Å². The Morgan fingerprint density at radius 3 is 2.83 bits per heavy atom. The van der Waals surface area contributed by atoms with E-state index >= 15 is 0 Å². The van der Waals surface area contributed by atoms with Crippen LogP contribution in [0.3, 0.4) is 0 Å². The van der Waals surface area contributed by atoms with Crippen molar-refractivity contribution in [2.75, 3.05) is 18.0 Å². The van der Waals surface area contributed by atoms with E-state index in [2.05, 4.69) is 72.0 Å². The van der Waals surface area contributed by atoms with Crippen molar-refractivity contribution in [1.82, 2.24) is 5.32 Å². The van der Waals surface area contributed by atoms with Crippen molar-refractivity contribution in [3.05, 3.63) is 28.2 Å². The van der Waals surface area contributed by atoms with Crippen LogP contribution in [0, 0.1) is 6.92 Å². The van der Waals surface area contributed by atoms with Gasteiger partial charge in [0, 0.05) is 34.8 Å². The van der Waals surface area contributed by atoms with E-state index in [0.717, 1.165) is 19.5 Å². The molecule has 1 aliphatic heterocycles. The van der Waals surface area contributed by atoms with Crippen LogP contribution >= 0.6 is 15.9 Å². The summed E-state index contributed by atoms with van der Waals surface area (Å²) in [5.41, 5.74) is 2.84. The number of nitrogens with one attached hydrogen (secondary N) is 1. The van der Waals surface area contributed by atoms with Crippen LogP contribution < -0.4 is 10.2 Å². The minimum absolute atomic E-state index is 0.226. The van der Waals surface area contributed by atoms with Gasteiger partial charge in [0.05, 0.1) is 0 Å². The molecule has 1 fully saturated rings. The third-order valence-electron chi connectivity index (χ3n) is 4.14. The normalized spacial score (nSPS) is 28.5. The Labute approximate surface area is 119 Å². The highest BCUT2D eigenvalue weighted by Crippen LogP contribution is 2.28. The molecule has 3 heteroatoms. The molecule has 100 valence electrons. The smallest absolute Gasteiger partial charge is 0.0387 e. The third kappa shape index (κ3) is 2.72. The first-order valence-corrected chi connectivity index (χ1v) is 7.52. The lowest BCUT2D eigenvalue weighted by atomic mass is 9.93. The standard InChI is InChI=1S/C15H23BrN2/c1-5-15(4)10-18(12(3)9-17-15)13-7-6-11(2)14(16)8-13/h6-8,12,17H,5,9-10H2,1-4H3. The lowest BCUT2D eigenvalue weighted by molar-refractivity contribution is 0.285. The number of rotatable bonds is 2. The Morgan fingerprint density at radius 1 is 1.50 bits per heavy atom. The summed E-state index contributed by atoms with van der Waals surface area (Å²) in [6.07, 6.45) is 1.16. The number of aryl methyl sites for hydroxylation is 1. The van der Waals surface area contributed by atoms with Crippen LogP contribution in [0.15, 0.2) is 22.7 Å². The first kappa shape index (κ1) is 13.9. The van der Waals surface area contributed by atoms with Crippen molar-refractivity contribution in [3.8, 4) is 0 Å². The quantitative estimate of drug-likeness (QED) is 0.895. The second-order valence-corrected chi connectivity index (χ2v) is 6.56. The molecule has 0 radical (unpaired) electrons. The lowest BCUT2D eigenvalue weighted by Gasteiger charge is -2.46. The van der Waals surface area contributed by atoms with Gasteiger partial charge in [-0.2, -0.15) is 0 Å². The first-order valence-electron chi connectivity index (χ1n) is 6.73. The molecule has 2 nitrogen and oxygen atoms in total. The summed E-state index contributed by atoms with van der Waals surface area (Å²) >= 11 is 3.64. The van der Waals surface area contributed by atoms with E-state index in [1.54, 1.807) is 0 Å². The molecule has 2 unspecified atom stereocenters. The number of hydrogen-bond acceptors (Lipinski definition) is 2. The van der Waals surface area contributed by atoms with Crippen LogP contribution in [0.4, 0.5) is 5.69 Å². The van der Waals surface area contributed by atoms with Crippen molar-refractivity contribution in [2.45, 2.75) is 45.7 Å². The second-order valence-electron chi connectivity index (χ2n) is 5.71. The number of halogens is 1. The lowest BCUT2D eigenvalue weighted by Crippen LogP contribution is -2.62. The van der Waals surface area contributed by atoms with E-state index in [1.807, 2.05) is 0 Å². The number of benzene rings is 1. The summed E-state index contributed by atoms with van der Waals surface area (Å²) in [4.78, 5) is 2.52. The van der Waals surface area contributed by atoms with E-state index in [-0.39, 0.29) is 5.54 Å². The molecule has 1 saturated heterocycles. The Morgan fingerprint density at radius 2 is 2.22 bits per heavy atom. The van der Waals surface area contributed by atoms with Crippen molar-refractivity contribution in [1.29, 1.82) is 0 Å². The fourth-order valence-corrected chi connectivity index (χ4v) is 2.80. The van der Waals surface area contributed by atoms with Crippen molar-refractivity contribution < 1.29 is 0 Å². The Bertz CT molecular complexity index is 433. The van der Waals surface area contributed by atoms with Gasteiger partial charge in [-0.1, -0.05) is 28.9 Å². The molecule has 0 bridgehead atoms. The van der Waals surface area contributed by atoms with Gasteiger partial charge < -0.3 is 10.2 Å². The molecule has 2 rings (SSSR count). The van der Waals surface area contributed by atoms with Gasteiger partial charge in [-0.15, -0.1) is 0 Å². The fourth-order valence-electron chi connectivity index (χ4n) is 2.43. The first-order chi connectivity index (χ1) is 8.45. The number of hydrogen-bond donors (Lipinski definition) is 1. The molecule has 0 aromatic heterocycles. The Kier molecular flexibility index (Phi) is 4.02. The molecule has 0 spiro atoms. The molecule has 1 aliphatic rings. The average Bonchev–Trinajstić information content (AvgIpc) is 2.36. The van der Waals surface area contributed by atoms with Crippen LogP contribution in [-0.4, -0.2) is 24.7 Å². The van der Waals surface area contributed by atoms with Crippen molar-refractivity contribution in [2.24, 2.45) is 0 Å². The van der Waals surface area contributed by atoms with Gasteiger partial charge in [0.1, 0.15) is 0 Å². The topological polar surface area (TPSA) is 15.3 Å². The van der Waals surface area contributed by atoms with Gasteiger partial charge in [0.25, 0.3) is 0 Å². The molecule has 0 amide bonds. The van der Waals surface area contributed by atoms with Crippen LogP contribution in [0.1, 0.15) is 32.8 Å². The van der Waals surface area contributed by atoms with E-state index in [1.165, 1.54) is 15.7 Å². The zero-order chi connectivity index (χ0) is 13.3. The summed E-state index contributed by atoms with van der Waals surface area (Å²) in [7, 11) is 0. The molecule has 1 aromatic rings. The molecule has 0 aliphatic carbocycles. The predicted octanol–water partition coefficient (Wildman–Crippen LogP) is 3.72. The van der Waals surface area contributed by atoms with E-state index in [4.69, 9.17) is 0 Å². The maximum Gasteiger partial charge on any atom is 0.0387 e. The van der Waals surface area contributed by atoms with Gasteiger partial charge in [0.2, 0.25) is 0 Å². The number of nitrogens with zero attached hydrogens (tertiary/aromatic N) is 1.